The van der Waals surface area contributed by atoms with Crippen molar-refractivity contribution in [1.82, 2.24) is 0 Å². The molecular formula is C14H14ClFN2O2S. The van der Waals surface area contributed by atoms with E-state index >= 15 is 0 Å². The second-order valence-electron chi connectivity index (χ2n) is 4.66. The summed E-state index contributed by atoms with van der Waals surface area (Å²) in [6, 6.07) is 7.32. The summed E-state index contributed by atoms with van der Waals surface area (Å²) in [4.78, 5) is -0.0173. The Morgan fingerprint density at radius 1 is 1.19 bits per heavy atom. The maximum absolute atomic E-state index is 13.5. The van der Waals surface area contributed by atoms with Crippen molar-refractivity contribution in [3.05, 3.63) is 52.3 Å². The zero-order chi connectivity index (χ0) is 15.8. The van der Waals surface area contributed by atoms with Crippen molar-refractivity contribution in [1.29, 1.82) is 0 Å². The van der Waals surface area contributed by atoms with Crippen molar-refractivity contribution in [2.75, 3.05) is 10.5 Å². The molecule has 0 aliphatic heterocycles. The Kier molecular flexibility index (Phi) is 4.11. The number of sulfonamides is 1. The Balaban J connectivity index is 2.50. The van der Waals surface area contributed by atoms with Crippen molar-refractivity contribution in [3.63, 3.8) is 0 Å². The van der Waals surface area contributed by atoms with E-state index in [0.717, 1.165) is 6.07 Å². The van der Waals surface area contributed by atoms with Crippen LogP contribution < -0.4 is 10.5 Å². The van der Waals surface area contributed by atoms with E-state index in [2.05, 4.69) is 4.72 Å². The molecule has 0 aliphatic rings. The zero-order valence-corrected chi connectivity index (χ0v) is 13.0. The molecule has 4 nitrogen and oxygen atoms in total. The number of halogens is 2. The third kappa shape index (κ3) is 3.11. The summed E-state index contributed by atoms with van der Waals surface area (Å²) in [6.07, 6.45) is 0. The predicted octanol–water partition coefficient (Wildman–Crippen LogP) is 3.48. The minimum Gasteiger partial charge on any atom is -0.396 e. The number of benzene rings is 2. The molecule has 2 rings (SSSR count). The molecule has 0 heterocycles. The van der Waals surface area contributed by atoms with Crippen molar-refractivity contribution in [2.24, 2.45) is 0 Å². The number of anilines is 2. The summed E-state index contributed by atoms with van der Waals surface area (Å²) in [7, 11) is -3.87. The van der Waals surface area contributed by atoms with Gasteiger partial charge in [-0.25, -0.2) is 12.8 Å². The molecule has 112 valence electrons. The largest absolute Gasteiger partial charge is 0.396 e. The fourth-order valence-corrected chi connectivity index (χ4v) is 3.74. The lowest BCUT2D eigenvalue weighted by molar-refractivity contribution is 0.598. The molecule has 0 saturated carbocycles. The van der Waals surface area contributed by atoms with E-state index in [1.807, 2.05) is 0 Å². The number of aryl methyl sites for hydroxylation is 1. The second kappa shape index (κ2) is 5.54. The van der Waals surface area contributed by atoms with Gasteiger partial charge in [-0.05, 0) is 55.3 Å². The molecule has 0 fully saturated rings. The summed E-state index contributed by atoms with van der Waals surface area (Å²) in [5.41, 5.74) is 6.25. The normalized spacial score (nSPS) is 11.4. The summed E-state index contributed by atoms with van der Waals surface area (Å²) in [5, 5.41) is 0.497. The molecule has 3 N–H and O–H groups in total. The van der Waals surface area contributed by atoms with Crippen molar-refractivity contribution >= 4 is 33.0 Å². The van der Waals surface area contributed by atoms with Gasteiger partial charge in [-0.1, -0.05) is 11.6 Å². The van der Waals surface area contributed by atoms with Crippen LogP contribution in [0.4, 0.5) is 15.8 Å². The SMILES string of the molecule is Cc1cc(F)c(N)c(C)c1S(=O)(=O)Nc1ccc(Cl)cc1. The van der Waals surface area contributed by atoms with Gasteiger partial charge in [0.25, 0.3) is 10.0 Å². The Labute approximate surface area is 127 Å². The Hall–Kier alpha value is -1.79. The van der Waals surface area contributed by atoms with Crippen LogP contribution in [0.5, 0.6) is 0 Å². The molecule has 0 saturated heterocycles. The minimum atomic E-state index is -3.87. The van der Waals surface area contributed by atoms with E-state index in [4.69, 9.17) is 17.3 Å². The average molecular weight is 329 g/mol. The fraction of sp³-hybridized carbons (Fsp3) is 0.143. The highest BCUT2D eigenvalue weighted by Gasteiger charge is 2.23. The van der Waals surface area contributed by atoms with Gasteiger partial charge in [-0.3, -0.25) is 4.72 Å². The van der Waals surface area contributed by atoms with Gasteiger partial charge in [-0.2, -0.15) is 0 Å². The van der Waals surface area contributed by atoms with Gasteiger partial charge in [0.2, 0.25) is 0 Å². The first-order valence-corrected chi connectivity index (χ1v) is 7.92. The molecule has 21 heavy (non-hydrogen) atoms. The molecular weight excluding hydrogens is 315 g/mol. The van der Waals surface area contributed by atoms with Crippen LogP contribution in [0.3, 0.4) is 0 Å². The van der Waals surface area contributed by atoms with Gasteiger partial charge < -0.3 is 5.73 Å². The summed E-state index contributed by atoms with van der Waals surface area (Å²) >= 11 is 5.75. The molecule has 0 aromatic heterocycles. The molecule has 2 aromatic carbocycles. The van der Waals surface area contributed by atoms with Crippen LogP contribution >= 0.6 is 11.6 Å². The van der Waals surface area contributed by atoms with Gasteiger partial charge in [-0.15, -0.1) is 0 Å². The number of rotatable bonds is 3. The zero-order valence-electron chi connectivity index (χ0n) is 11.4. The smallest absolute Gasteiger partial charge is 0.262 e. The maximum atomic E-state index is 13.5. The second-order valence-corrected chi connectivity index (χ2v) is 6.71. The van der Waals surface area contributed by atoms with Gasteiger partial charge >= 0.3 is 0 Å². The highest BCUT2D eigenvalue weighted by Crippen LogP contribution is 2.29. The highest BCUT2D eigenvalue weighted by atomic mass is 35.5. The Bertz CT molecular complexity index is 790. The van der Waals surface area contributed by atoms with E-state index < -0.39 is 15.8 Å². The van der Waals surface area contributed by atoms with Gasteiger partial charge in [0.1, 0.15) is 5.82 Å². The Morgan fingerprint density at radius 3 is 2.33 bits per heavy atom. The molecule has 0 unspecified atom stereocenters. The number of hydrogen-bond acceptors (Lipinski definition) is 3. The molecule has 0 atom stereocenters. The van der Waals surface area contributed by atoms with Gasteiger partial charge in [0.15, 0.2) is 0 Å². The number of nitrogen functional groups attached to an aromatic ring is 1. The topological polar surface area (TPSA) is 72.2 Å². The first-order chi connectivity index (χ1) is 9.72. The van der Waals surface area contributed by atoms with Crippen LogP contribution in [0, 0.1) is 19.7 Å². The molecule has 2 aromatic rings. The lowest BCUT2D eigenvalue weighted by atomic mass is 10.1. The average Bonchev–Trinajstić information content (AvgIpc) is 2.38. The third-order valence-electron chi connectivity index (χ3n) is 3.07. The Morgan fingerprint density at radius 2 is 1.76 bits per heavy atom. The number of nitrogens with two attached hydrogens (primary N) is 1. The van der Waals surface area contributed by atoms with E-state index in [9.17, 15) is 12.8 Å². The van der Waals surface area contributed by atoms with Crippen LogP contribution in [0.2, 0.25) is 5.02 Å². The highest BCUT2D eigenvalue weighted by molar-refractivity contribution is 7.92. The van der Waals surface area contributed by atoms with Crippen molar-refractivity contribution in [3.8, 4) is 0 Å². The van der Waals surface area contributed by atoms with Gasteiger partial charge in [0.05, 0.1) is 10.6 Å². The standard InChI is InChI=1S/C14H14ClFN2O2S/c1-8-7-12(16)13(17)9(2)14(8)21(19,20)18-11-5-3-10(15)4-6-11/h3-7,18H,17H2,1-2H3. The molecule has 0 bridgehead atoms. The van der Waals surface area contributed by atoms with Crippen molar-refractivity contribution in [2.45, 2.75) is 18.7 Å². The van der Waals surface area contributed by atoms with Crippen LogP contribution in [-0.4, -0.2) is 8.42 Å². The predicted molar refractivity (Wildman–Crippen MR) is 82.5 cm³/mol. The molecule has 0 amide bonds. The monoisotopic (exact) mass is 328 g/mol. The molecule has 0 spiro atoms. The fourth-order valence-electron chi connectivity index (χ4n) is 2.07. The molecule has 0 radical (unpaired) electrons. The number of nitrogens with one attached hydrogen (secondary N) is 1. The van der Waals surface area contributed by atoms with E-state index in [-0.39, 0.29) is 16.1 Å². The maximum Gasteiger partial charge on any atom is 0.262 e. The lowest BCUT2D eigenvalue weighted by Crippen LogP contribution is -2.17. The molecule has 0 aliphatic carbocycles. The first-order valence-electron chi connectivity index (χ1n) is 6.06. The van der Waals surface area contributed by atoms with Gasteiger partial charge in [0, 0.05) is 10.7 Å². The van der Waals surface area contributed by atoms with Crippen LogP contribution in [-0.2, 0) is 10.0 Å². The molecule has 7 heteroatoms. The summed E-state index contributed by atoms with van der Waals surface area (Å²) in [6.45, 7) is 2.99. The van der Waals surface area contributed by atoms with Crippen molar-refractivity contribution < 1.29 is 12.8 Å². The van der Waals surface area contributed by atoms with E-state index in [1.54, 1.807) is 12.1 Å². The minimum absolute atomic E-state index is 0.0173. The first kappa shape index (κ1) is 15.6. The van der Waals surface area contributed by atoms with Crippen LogP contribution in [0.1, 0.15) is 11.1 Å². The van der Waals surface area contributed by atoms with E-state index in [0.29, 0.717) is 16.3 Å². The lowest BCUT2D eigenvalue weighted by Gasteiger charge is -2.15. The number of hydrogen-bond donors (Lipinski definition) is 2. The summed E-state index contributed by atoms with van der Waals surface area (Å²) < 4.78 is 40.9. The summed E-state index contributed by atoms with van der Waals surface area (Å²) in [5.74, 6) is -0.629. The van der Waals surface area contributed by atoms with Crippen LogP contribution in [0.25, 0.3) is 0 Å². The van der Waals surface area contributed by atoms with Crippen LogP contribution in [0.15, 0.2) is 35.2 Å². The third-order valence-corrected chi connectivity index (χ3v) is 4.99. The van der Waals surface area contributed by atoms with E-state index in [1.165, 1.54) is 26.0 Å². The quantitative estimate of drug-likeness (QED) is 0.847.